The number of benzene rings is 2. The lowest BCUT2D eigenvalue weighted by molar-refractivity contribution is -0.117. The van der Waals surface area contributed by atoms with Crippen LogP contribution in [-0.2, 0) is 9.59 Å². The third-order valence-electron chi connectivity index (χ3n) is 4.32. The normalized spacial score (nSPS) is 10.8. The minimum Gasteiger partial charge on any atom is -0.457 e. The van der Waals surface area contributed by atoms with Crippen LogP contribution in [0, 0.1) is 5.92 Å². The van der Waals surface area contributed by atoms with Crippen molar-refractivity contribution in [3.05, 3.63) is 78.6 Å². The van der Waals surface area contributed by atoms with Crippen molar-refractivity contribution in [3.8, 4) is 11.3 Å². The molecule has 7 heteroatoms. The zero-order valence-corrected chi connectivity index (χ0v) is 18.7. The van der Waals surface area contributed by atoms with Gasteiger partial charge in [-0.2, -0.15) is 0 Å². The van der Waals surface area contributed by atoms with E-state index in [2.05, 4.69) is 16.0 Å². The number of hydrogen-bond acceptors (Lipinski definition) is 4. The molecule has 3 rings (SSSR count). The Balaban J connectivity index is 1.52. The van der Waals surface area contributed by atoms with Gasteiger partial charge in [0.2, 0.25) is 11.8 Å². The fourth-order valence-electron chi connectivity index (χ4n) is 2.93. The first kappa shape index (κ1) is 23.0. The second-order valence-electron chi connectivity index (χ2n) is 7.57. The summed E-state index contributed by atoms with van der Waals surface area (Å²) in [4.78, 5) is 24.1. The van der Waals surface area contributed by atoms with E-state index in [-0.39, 0.29) is 22.8 Å². The topological polar surface area (TPSA) is 83.4 Å². The van der Waals surface area contributed by atoms with Crippen LogP contribution in [-0.4, -0.2) is 16.9 Å². The van der Waals surface area contributed by atoms with Crippen LogP contribution in [0.3, 0.4) is 0 Å². The fourth-order valence-corrected chi connectivity index (χ4v) is 3.15. The Labute approximate surface area is 192 Å². The lowest BCUT2D eigenvalue weighted by Crippen LogP contribution is -2.32. The summed E-state index contributed by atoms with van der Waals surface area (Å²) < 4.78 is 5.74. The molecule has 0 aliphatic carbocycles. The summed E-state index contributed by atoms with van der Waals surface area (Å²) in [6.45, 7) is 3.97. The highest BCUT2D eigenvalue weighted by Gasteiger charge is 2.07. The van der Waals surface area contributed by atoms with Crippen molar-refractivity contribution in [1.29, 1.82) is 0 Å². The maximum absolute atomic E-state index is 12.2. The number of rotatable bonds is 7. The van der Waals surface area contributed by atoms with E-state index in [1.807, 2.05) is 50.2 Å². The highest BCUT2D eigenvalue weighted by Crippen LogP contribution is 2.22. The smallest absolute Gasteiger partial charge is 0.250 e. The van der Waals surface area contributed by atoms with Crippen molar-refractivity contribution >= 4 is 46.6 Å². The van der Waals surface area contributed by atoms with Gasteiger partial charge in [-0.3, -0.25) is 14.9 Å². The first-order valence-corrected chi connectivity index (χ1v) is 10.6. The van der Waals surface area contributed by atoms with E-state index in [0.29, 0.717) is 23.6 Å². The molecule has 0 saturated carbocycles. The van der Waals surface area contributed by atoms with Crippen molar-refractivity contribution in [2.24, 2.45) is 5.92 Å². The lowest BCUT2D eigenvalue weighted by Gasteiger charge is -2.11. The van der Waals surface area contributed by atoms with Gasteiger partial charge in [-0.05, 0) is 54.5 Å². The number of furan rings is 1. The average Bonchev–Trinajstić information content (AvgIpc) is 3.21. The van der Waals surface area contributed by atoms with Crippen molar-refractivity contribution in [2.75, 3.05) is 10.6 Å². The molecule has 1 heterocycles. The zero-order valence-electron chi connectivity index (χ0n) is 17.9. The van der Waals surface area contributed by atoms with Crippen LogP contribution in [0.5, 0.6) is 0 Å². The largest absolute Gasteiger partial charge is 0.457 e. The third kappa shape index (κ3) is 7.21. The van der Waals surface area contributed by atoms with Crippen LogP contribution >= 0.6 is 12.2 Å². The molecule has 0 fully saturated rings. The van der Waals surface area contributed by atoms with Crippen LogP contribution in [0.15, 0.2) is 77.2 Å². The number of amides is 2. The Kier molecular flexibility index (Phi) is 7.94. The molecule has 0 aliphatic heterocycles. The van der Waals surface area contributed by atoms with E-state index in [1.165, 1.54) is 6.08 Å². The van der Waals surface area contributed by atoms with E-state index in [9.17, 15) is 9.59 Å². The molecule has 6 nitrogen and oxygen atoms in total. The van der Waals surface area contributed by atoms with Gasteiger partial charge < -0.3 is 15.1 Å². The molecule has 32 heavy (non-hydrogen) atoms. The molecule has 0 aliphatic rings. The van der Waals surface area contributed by atoms with Crippen molar-refractivity contribution in [3.63, 3.8) is 0 Å². The number of anilines is 2. The van der Waals surface area contributed by atoms with E-state index in [0.717, 1.165) is 11.3 Å². The summed E-state index contributed by atoms with van der Waals surface area (Å²) in [7, 11) is 0. The molecule has 0 radical (unpaired) electrons. The number of nitrogens with one attached hydrogen (secondary N) is 3. The highest BCUT2D eigenvalue weighted by molar-refractivity contribution is 7.80. The lowest BCUT2D eigenvalue weighted by atomic mass is 10.1. The molecule has 0 bridgehead atoms. The second-order valence-corrected chi connectivity index (χ2v) is 7.98. The molecule has 2 amide bonds. The quantitative estimate of drug-likeness (QED) is 0.331. The molecule has 164 valence electrons. The molecular formula is C25H25N3O3S. The van der Waals surface area contributed by atoms with Gasteiger partial charge in [-0.25, -0.2) is 0 Å². The molecule has 3 N–H and O–H groups in total. The Morgan fingerprint density at radius 1 is 0.969 bits per heavy atom. The average molecular weight is 448 g/mol. The van der Waals surface area contributed by atoms with Crippen molar-refractivity contribution < 1.29 is 14.0 Å². The van der Waals surface area contributed by atoms with Crippen LogP contribution in [0.25, 0.3) is 17.4 Å². The fraction of sp³-hybridized carbons (Fsp3) is 0.160. The third-order valence-corrected chi connectivity index (χ3v) is 4.52. The first-order chi connectivity index (χ1) is 15.4. The van der Waals surface area contributed by atoms with Crippen LogP contribution in [0.4, 0.5) is 11.4 Å². The molecule has 0 atom stereocenters. The van der Waals surface area contributed by atoms with E-state index in [4.69, 9.17) is 16.6 Å². The molecule has 3 aromatic rings. The summed E-state index contributed by atoms with van der Waals surface area (Å²) in [5.74, 6) is 1.12. The molecule has 0 saturated heterocycles. The monoisotopic (exact) mass is 447 g/mol. The number of hydrogen-bond donors (Lipinski definition) is 3. The van der Waals surface area contributed by atoms with Gasteiger partial charge >= 0.3 is 0 Å². The van der Waals surface area contributed by atoms with E-state index < -0.39 is 0 Å². The van der Waals surface area contributed by atoms with E-state index in [1.54, 1.807) is 36.4 Å². The SMILES string of the molecule is CC(C)CC(=O)Nc1cccc(NC(=S)NC(=O)/C=C/c2ccc(-c3ccccc3)o2)c1. The number of carbonyl (C=O) groups excluding carboxylic acids is 2. The van der Waals surface area contributed by atoms with Gasteiger partial charge in [-0.1, -0.05) is 50.2 Å². The summed E-state index contributed by atoms with van der Waals surface area (Å²) in [5.41, 5.74) is 2.27. The van der Waals surface area contributed by atoms with Crippen molar-refractivity contribution in [1.82, 2.24) is 5.32 Å². The summed E-state index contributed by atoms with van der Waals surface area (Å²) in [5, 5.41) is 8.53. The minimum absolute atomic E-state index is 0.0495. The standard InChI is InChI=1S/C25H25N3O3S/c1-17(2)15-24(30)26-19-9-6-10-20(16-19)27-25(32)28-23(29)14-12-21-11-13-22(31-21)18-7-4-3-5-8-18/h3-14,16-17H,15H2,1-2H3,(H,26,30)(H2,27,28,29,32)/b14-12+. The summed E-state index contributed by atoms with van der Waals surface area (Å²) >= 11 is 5.21. The second kappa shape index (κ2) is 11.1. The zero-order chi connectivity index (χ0) is 22.9. The van der Waals surface area contributed by atoms with Gasteiger partial charge in [0, 0.05) is 29.4 Å². The Hall–Kier alpha value is -3.71. The molecule has 1 aromatic heterocycles. The minimum atomic E-state index is -0.387. The first-order valence-electron chi connectivity index (χ1n) is 10.2. The van der Waals surface area contributed by atoms with Crippen LogP contribution in [0.1, 0.15) is 26.0 Å². The Bertz CT molecular complexity index is 1120. The summed E-state index contributed by atoms with van der Waals surface area (Å²) in [6.07, 6.45) is 3.38. The Morgan fingerprint density at radius 2 is 1.69 bits per heavy atom. The highest BCUT2D eigenvalue weighted by atomic mass is 32.1. The van der Waals surface area contributed by atoms with Crippen molar-refractivity contribution in [2.45, 2.75) is 20.3 Å². The number of thiocarbonyl (C=S) groups is 1. The maximum atomic E-state index is 12.2. The van der Waals surface area contributed by atoms with Gasteiger partial charge in [0.05, 0.1) is 0 Å². The van der Waals surface area contributed by atoms with Gasteiger partial charge in [-0.15, -0.1) is 0 Å². The van der Waals surface area contributed by atoms with Crippen LogP contribution < -0.4 is 16.0 Å². The Morgan fingerprint density at radius 3 is 2.41 bits per heavy atom. The predicted molar refractivity (Wildman–Crippen MR) is 132 cm³/mol. The molecule has 0 spiro atoms. The van der Waals surface area contributed by atoms with Gasteiger partial charge in [0.1, 0.15) is 11.5 Å². The van der Waals surface area contributed by atoms with Gasteiger partial charge in [0.25, 0.3) is 0 Å². The predicted octanol–water partition coefficient (Wildman–Crippen LogP) is 5.46. The molecule has 2 aromatic carbocycles. The van der Waals surface area contributed by atoms with Gasteiger partial charge in [0.15, 0.2) is 5.11 Å². The number of carbonyl (C=O) groups is 2. The summed E-state index contributed by atoms with van der Waals surface area (Å²) in [6, 6.07) is 20.5. The maximum Gasteiger partial charge on any atom is 0.250 e. The molecular weight excluding hydrogens is 422 g/mol. The van der Waals surface area contributed by atoms with Crippen LogP contribution in [0.2, 0.25) is 0 Å². The molecule has 0 unspecified atom stereocenters. The van der Waals surface area contributed by atoms with E-state index >= 15 is 0 Å².